The first-order valence-corrected chi connectivity index (χ1v) is 11.6. The van der Waals surface area contributed by atoms with Crippen molar-refractivity contribution in [3.8, 4) is 12.1 Å². The molecule has 2 aromatic rings. The van der Waals surface area contributed by atoms with Gasteiger partial charge in [0.1, 0.15) is 0 Å². The molecule has 0 bridgehead atoms. The fourth-order valence-corrected chi connectivity index (χ4v) is 5.51. The molecule has 0 unspecified atom stereocenters. The van der Waals surface area contributed by atoms with E-state index in [-0.39, 0.29) is 11.4 Å². The number of fused-ring (bicyclic) bond motifs is 1. The Bertz CT molecular complexity index is 1050. The summed E-state index contributed by atoms with van der Waals surface area (Å²) >= 11 is 0. The number of nitrogens with zero attached hydrogens (tertiary/aromatic N) is 4. The van der Waals surface area contributed by atoms with Gasteiger partial charge in [0.2, 0.25) is 5.91 Å². The van der Waals surface area contributed by atoms with E-state index in [1.165, 1.54) is 17.5 Å². The smallest absolute Gasteiger partial charge is 0.224 e. The molecule has 1 aliphatic heterocycles. The molecule has 0 spiro atoms. The van der Waals surface area contributed by atoms with Crippen LogP contribution in [0.25, 0.3) is 0 Å². The molecule has 0 saturated heterocycles. The molecular formula is C27H30N4O. The van der Waals surface area contributed by atoms with Crippen LogP contribution in [-0.2, 0) is 17.8 Å². The van der Waals surface area contributed by atoms with E-state index in [0.717, 1.165) is 69.4 Å². The molecule has 1 aliphatic carbocycles. The van der Waals surface area contributed by atoms with Crippen LogP contribution in [0.1, 0.15) is 67.7 Å². The van der Waals surface area contributed by atoms with Crippen LogP contribution < -0.4 is 4.90 Å². The number of hydrogen-bond acceptors (Lipinski definition) is 4. The van der Waals surface area contributed by atoms with E-state index < -0.39 is 0 Å². The molecule has 5 nitrogen and oxygen atoms in total. The lowest BCUT2D eigenvalue weighted by Gasteiger charge is -2.47. The largest absolute Gasteiger partial charge is 0.307 e. The average molecular weight is 427 g/mol. The van der Waals surface area contributed by atoms with Gasteiger partial charge in [0.05, 0.1) is 23.3 Å². The van der Waals surface area contributed by atoms with Crippen LogP contribution >= 0.6 is 0 Å². The van der Waals surface area contributed by atoms with E-state index in [4.69, 9.17) is 10.5 Å². The number of carbonyl (C=O) groups is 1. The highest BCUT2D eigenvalue weighted by molar-refractivity contribution is 5.93. The van der Waals surface area contributed by atoms with E-state index in [0.29, 0.717) is 5.56 Å². The molecule has 4 rings (SSSR count). The summed E-state index contributed by atoms with van der Waals surface area (Å²) in [5.41, 5.74) is 4.66. The van der Waals surface area contributed by atoms with Crippen molar-refractivity contribution < 1.29 is 4.79 Å². The maximum atomic E-state index is 12.9. The summed E-state index contributed by atoms with van der Waals surface area (Å²) < 4.78 is 0. The van der Waals surface area contributed by atoms with Gasteiger partial charge in [-0.2, -0.15) is 10.5 Å². The van der Waals surface area contributed by atoms with Crippen molar-refractivity contribution >= 4 is 11.6 Å². The average Bonchev–Trinajstić information content (AvgIpc) is 2.83. The van der Waals surface area contributed by atoms with Gasteiger partial charge in [-0.05, 0) is 73.2 Å². The zero-order chi connectivity index (χ0) is 22.6. The van der Waals surface area contributed by atoms with E-state index in [1.807, 2.05) is 29.2 Å². The van der Waals surface area contributed by atoms with Gasteiger partial charge in [-0.25, -0.2) is 0 Å². The first-order chi connectivity index (χ1) is 15.5. The normalized spacial score (nSPS) is 17.6. The summed E-state index contributed by atoms with van der Waals surface area (Å²) in [7, 11) is 0. The zero-order valence-electron chi connectivity index (χ0n) is 18.8. The second-order valence-electron chi connectivity index (χ2n) is 9.17. The van der Waals surface area contributed by atoms with Crippen molar-refractivity contribution in [1.29, 1.82) is 10.5 Å². The van der Waals surface area contributed by atoms with Crippen LogP contribution in [0, 0.1) is 22.7 Å². The number of carbonyl (C=O) groups excluding carboxylic acids is 1. The van der Waals surface area contributed by atoms with Crippen LogP contribution in [0.4, 0.5) is 5.69 Å². The summed E-state index contributed by atoms with van der Waals surface area (Å²) in [6.45, 7) is 4.49. The van der Waals surface area contributed by atoms with E-state index in [1.54, 1.807) is 19.1 Å². The van der Waals surface area contributed by atoms with E-state index in [9.17, 15) is 4.79 Å². The molecule has 32 heavy (non-hydrogen) atoms. The molecule has 164 valence electrons. The number of amides is 1. The minimum absolute atomic E-state index is 0.0737. The third kappa shape index (κ3) is 4.54. The minimum Gasteiger partial charge on any atom is -0.307 e. The molecule has 1 heterocycles. The van der Waals surface area contributed by atoms with Gasteiger partial charge in [-0.3, -0.25) is 9.69 Å². The van der Waals surface area contributed by atoms with Gasteiger partial charge in [-0.15, -0.1) is 0 Å². The van der Waals surface area contributed by atoms with Crippen LogP contribution in [-0.4, -0.2) is 29.4 Å². The highest BCUT2D eigenvalue weighted by atomic mass is 16.2. The lowest BCUT2D eigenvalue weighted by atomic mass is 9.77. The second kappa shape index (κ2) is 9.55. The van der Waals surface area contributed by atoms with Gasteiger partial charge >= 0.3 is 0 Å². The number of benzene rings is 2. The van der Waals surface area contributed by atoms with Gasteiger partial charge < -0.3 is 4.90 Å². The lowest BCUT2D eigenvalue weighted by molar-refractivity contribution is -0.118. The molecule has 1 fully saturated rings. The standard InChI is InChI=1S/C27H30N4O/c1-21(32)31(26-9-6-22(18-28)7-10-26)27(12-3-2-4-13-27)14-16-30-15-11-24-17-23(19-29)5-8-25(24)20-30/h5-10,17H,2-4,11-16,20H2,1H3. The number of anilines is 1. The maximum Gasteiger partial charge on any atom is 0.224 e. The number of rotatable bonds is 5. The quantitative estimate of drug-likeness (QED) is 0.679. The second-order valence-corrected chi connectivity index (χ2v) is 9.17. The molecule has 1 amide bonds. The molecule has 0 radical (unpaired) electrons. The molecule has 1 saturated carbocycles. The topological polar surface area (TPSA) is 71.1 Å². The van der Waals surface area contributed by atoms with Crippen LogP contribution in [0.15, 0.2) is 42.5 Å². The summed E-state index contributed by atoms with van der Waals surface area (Å²) in [5, 5.41) is 18.3. The third-order valence-electron chi connectivity index (χ3n) is 7.15. The fourth-order valence-electron chi connectivity index (χ4n) is 5.51. The minimum atomic E-state index is -0.177. The van der Waals surface area contributed by atoms with Crippen molar-refractivity contribution in [2.24, 2.45) is 0 Å². The van der Waals surface area contributed by atoms with E-state index >= 15 is 0 Å². The molecular weight excluding hydrogens is 396 g/mol. The van der Waals surface area contributed by atoms with Crippen molar-refractivity contribution in [3.05, 3.63) is 64.7 Å². The highest BCUT2D eigenvalue weighted by Gasteiger charge is 2.40. The van der Waals surface area contributed by atoms with Crippen molar-refractivity contribution in [1.82, 2.24) is 4.90 Å². The van der Waals surface area contributed by atoms with Gasteiger partial charge in [0, 0.05) is 37.8 Å². The molecule has 0 aromatic heterocycles. The Labute approximate surface area is 190 Å². The maximum absolute atomic E-state index is 12.9. The van der Waals surface area contributed by atoms with Gasteiger partial charge in [0.15, 0.2) is 0 Å². The summed E-state index contributed by atoms with van der Waals surface area (Å²) in [5.74, 6) is 0.0737. The van der Waals surface area contributed by atoms with Gasteiger partial charge in [-0.1, -0.05) is 25.3 Å². The zero-order valence-corrected chi connectivity index (χ0v) is 18.8. The fraction of sp³-hybridized carbons (Fsp3) is 0.444. The Kier molecular flexibility index (Phi) is 6.58. The van der Waals surface area contributed by atoms with Crippen molar-refractivity contribution in [2.45, 2.75) is 64.0 Å². The Morgan fingerprint density at radius 3 is 2.34 bits per heavy atom. The van der Waals surface area contributed by atoms with Crippen LogP contribution in [0.5, 0.6) is 0 Å². The van der Waals surface area contributed by atoms with Crippen LogP contribution in [0.2, 0.25) is 0 Å². The summed E-state index contributed by atoms with van der Waals surface area (Å²) in [6, 6.07) is 17.9. The Morgan fingerprint density at radius 1 is 1.00 bits per heavy atom. The Hall–Kier alpha value is -3.15. The van der Waals surface area contributed by atoms with Crippen LogP contribution in [0.3, 0.4) is 0 Å². The number of hydrogen-bond donors (Lipinski definition) is 0. The lowest BCUT2D eigenvalue weighted by Crippen LogP contribution is -2.54. The summed E-state index contributed by atoms with van der Waals surface area (Å²) in [4.78, 5) is 17.4. The molecule has 0 atom stereocenters. The first-order valence-electron chi connectivity index (χ1n) is 11.6. The number of nitriles is 2. The molecule has 0 N–H and O–H groups in total. The third-order valence-corrected chi connectivity index (χ3v) is 7.15. The Morgan fingerprint density at radius 2 is 1.69 bits per heavy atom. The highest BCUT2D eigenvalue weighted by Crippen LogP contribution is 2.40. The molecule has 2 aliphatic rings. The van der Waals surface area contributed by atoms with E-state index in [2.05, 4.69) is 23.1 Å². The SMILES string of the molecule is CC(=O)N(c1ccc(C#N)cc1)C1(CCN2CCc3cc(C#N)ccc3C2)CCCCC1. The van der Waals surface area contributed by atoms with Gasteiger partial charge in [0.25, 0.3) is 0 Å². The predicted octanol–water partition coefficient (Wildman–Crippen LogP) is 4.93. The Balaban J connectivity index is 1.54. The molecule has 2 aromatic carbocycles. The monoisotopic (exact) mass is 426 g/mol. The van der Waals surface area contributed by atoms with Crippen molar-refractivity contribution in [3.63, 3.8) is 0 Å². The first kappa shape index (κ1) is 22.1. The van der Waals surface area contributed by atoms with Crippen molar-refractivity contribution in [2.75, 3.05) is 18.0 Å². The predicted molar refractivity (Wildman–Crippen MR) is 125 cm³/mol. The summed E-state index contributed by atoms with van der Waals surface area (Å²) in [6.07, 6.45) is 7.44. The molecule has 5 heteroatoms.